The molecule has 3 aromatic heterocycles. The van der Waals surface area contributed by atoms with Crippen LogP contribution < -0.4 is 36.6 Å². The van der Waals surface area contributed by atoms with Crippen LogP contribution in [0.3, 0.4) is 0 Å². The van der Waals surface area contributed by atoms with Crippen molar-refractivity contribution in [3.05, 3.63) is 74.9 Å². The maximum atomic E-state index is 13.3. The lowest BCUT2D eigenvalue weighted by atomic mass is 10.3. The van der Waals surface area contributed by atoms with E-state index in [9.17, 15) is 4.79 Å². The first-order chi connectivity index (χ1) is 15.4. The highest BCUT2D eigenvalue weighted by Crippen LogP contribution is 2.46. The summed E-state index contributed by atoms with van der Waals surface area (Å²) in [6.45, 7) is 3.31. The molecule has 0 aliphatic carbocycles. The van der Waals surface area contributed by atoms with Crippen molar-refractivity contribution in [3.8, 4) is 0 Å². The van der Waals surface area contributed by atoms with Crippen LogP contribution in [-0.2, 0) is 13.1 Å². The molecular formula is C21H17Cl3N4OS4. The van der Waals surface area contributed by atoms with Gasteiger partial charge in [0.05, 0.1) is 22.0 Å². The van der Waals surface area contributed by atoms with Gasteiger partial charge in [-0.05, 0) is 25.1 Å². The van der Waals surface area contributed by atoms with Crippen LogP contribution in [0.5, 0.6) is 0 Å². The SMILES string of the molecule is CCn1c(=O)/c(=C2\Sc3cc(Cl)ccc3N2C)s/c1=C\c1scc[n+]1Cc1cnc(Cl)s1.[Cl-]. The molecule has 4 heterocycles. The number of thiazole rings is 3. The molecule has 0 fully saturated rings. The number of thioether (sulfide) groups is 1. The van der Waals surface area contributed by atoms with Crippen LogP contribution in [0.4, 0.5) is 5.69 Å². The number of hydrogen-bond donors (Lipinski definition) is 0. The number of anilines is 1. The average Bonchev–Trinajstić information content (AvgIpc) is 3.51. The molecule has 12 heteroatoms. The monoisotopic (exact) mass is 574 g/mol. The molecule has 1 aliphatic heterocycles. The summed E-state index contributed by atoms with van der Waals surface area (Å²) in [5.74, 6) is 0. The van der Waals surface area contributed by atoms with Gasteiger partial charge in [-0.15, -0.1) is 22.7 Å². The van der Waals surface area contributed by atoms with Gasteiger partial charge < -0.3 is 17.3 Å². The normalized spacial score (nSPS) is 15.2. The van der Waals surface area contributed by atoms with E-state index < -0.39 is 0 Å². The topological polar surface area (TPSA) is 42.0 Å². The fraction of sp³-hybridized carbons (Fsp3) is 0.190. The summed E-state index contributed by atoms with van der Waals surface area (Å²) in [7, 11) is 1.99. The van der Waals surface area contributed by atoms with Crippen LogP contribution in [0.2, 0.25) is 9.49 Å². The Bertz CT molecular complexity index is 1500. The van der Waals surface area contributed by atoms with Gasteiger partial charge in [0.15, 0.2) is 17.2 Å². The van der Waals surface area contributed by atoms with Gasteiger partial charge in [0.1, 0.15) is 14.2 Å². The Balaban J connectivity index is 0.00000259. The van der Waals surface area contributed by atoms with E-state index in [0.717, 1.165) is 34.7 Å². The molecule has 0 N–H and O–H groups in total. The lowest BCUT2D eigenvalue weighted by Gasteiger charge is -2.12. The van der Waals surface area contributed by atoms with Crippen LogP contribution in [0.15, 0.2) is 45.7 Å². The van der Waals surface area contributed by atoms with Gasteiger partial charge in [-0.3, -0.25) is 9.36 Å². The average molecular weight is 576 g/mol. The van der Waals surface area contributed by atoms with Gasteiger partial charge in [0.2, 0.25) is 0 Å². The Morgan fingerprint density at radius 2 is 2.06 bits per heavy atom. The van der Waals surface area contributed by atoms with Crippen LogP contribution in [0.25, 0.3) is 11.1 Å². The van der Waals surface area contributed by atoms with E-state index in [1.54, 1.807) is 29.3 Å². The molecule has 1 aliphatic rings. The predicted octanol–water partition coefficient (Wildman–Crippen LogP) is 1.23. The smallest absolute Gasteiger partial charge is 0.271 e. The van der Waals surface area contributed by atoms with Crippen molar-refractivity contribution in [1.29, 1.82) is 0 Å². The number of aromatic nitrogens is 3. The second-order valence-corrected chi connectivity index (χ2v) is 12.1. The van der Waals surface area contributed by atoms with E-state index in [2.05, 4.69) is 20.5 Å². The highest BCUT2D eigenvalue weighted by Gasteiger charge is 2.25. The van der Waals surface area contributed by atoms with E-state index in [-0.39, 0.29) is 18.0 Å². The molecule has 4 aromatic rings. The lowest BCUT2D eigenvalue weighted by molar-refractivity contribution is -0.684. The zero-order valence-electron chi connectivity index (χ0n) is 17.4. The van der Waals surface area contributed by atoms with Crippen molar-refractivity contribution in [3.63, 3.8) is 0 Å². The maximum absolute atomic E-state index is 13.3. The Kier molecular flexibility index (Phi) is 7.59. The Labute approximate surface area is 222 Å². The van der Waals surface area contributed by atoms with Crippen molar-refractivity contribution < 1.29 is 17.0 Å². The molecule has 5 rings (SSSR count). The summed E-state index contributed by atoms with van der Waals surface area (Å²) in [5, 5.41) is 4.75. The molecule has 0 radical (unpaired) electrons. The number of benzene rings is 1. The lowest BCUT2D eigenvalue weighted by Crippen LogP contribution is -3.00. The second-order valence-electron chi connectivity index (χ2n) is 6.99. The second kappa shape index (κ2) is 10.1. The molecule has 0 unspecified atom stereocenters. The summed E-state index contributed by atoms with van der Waals surface area (Å²) >= 11 is 18.4. The van der Waals surface area contributed by atoms with Gasteiger partial charge >= 0.3 is 0 Å². The minimum atomic E-state index is 0. The third kappa shape index (κ3) is 4.77. The zero-order chi connectivity index (χ0) is 22.4. The van der Waals surface area contributed by atoms with Crippen molar-refractivity contribution in [2.24, 2.45) is 0 Å². The third-order valence-corrected chi connectivity index (χ3v) is 9.68. The van der Waals surface area contributed by atoms with Crippen molar-refractivity contribution in [2.75, 3.05) is 11.9 Å². The van der Waals surface area contributed by atoms with E-state index in [0.29, 0.717) is 22.6 Å². The molecule has 0 bridgehead atoms. The number of nitrogens with zero attached hydrogens (tertiary/aromatic N) is 4. The predicted molar refractivity (Wildman–Crippen MR) is 137 cm³/mol. The third-order valence-electron chi connectivity index (χ3n) is 5.03. The standard InChI is InChI=1S/C21H17Cl2N4OS4.ClH/c1-3-27-17(9-16-26(6-7-29-16)11-13-10-24-21(23)30-13)32-18(19(27)28)20-25(2)14-5-4-12(22)8-15(14)31-20;/h4-10H,3,11H2,1-2H3;1H/q+1;/p-1/b20-18+;. The van der Waals surface area contributed by atoms with Gasteiger partial charge in [-0.2, -0.15) is 4.57 Å². The molecular weight excluding hydrogens is 559 g/mol. The molecule has 0 spiro atoms. The Morgan fingerprint density at radius 1 is 1.24 bits per heavy atom. The molecule has 1 aromatic carbocycles. The Hall–Kier alpha value is -1.33. The highest BCUT2D eigenvalue weighted by atomic mass is 35.5. The molecule has 33 heavy (non-hydrogen) atoms. The van der Waals surface area contributed by atoms with Gasteiger partial charge in [0.25, 0.3) is 10.6 Å². The number of halogens is 3. The summed E-state index contributed by atoms with van der Waals surface area (Å²) in [4.78, 5) is 21.7. The van der Waals surface area contributed by atoms with Crippen molar-refractivity contribution in [1.82, 2.24) is 9.55 Å². The summed E-state index contributed by atoms with van der Waals surface area (Å²) < 4.78 is 6.21. The molecule has 0 saturated carbocycles. The first kappa shape index (κ1) is 24.8. The van der Waals surface area contributed by atoms with E-state index >= 15 is 0 Å². The summed E-state index contributed by atoms with van der Waals surface area (Å²) in [6.07, 6.45) is 5.94. The summed E-state index contributed by atoms with van der Waals surface area (Å²) in [5.41, 5.74) is 1.10. The van der Waals surface area contributed by atoms with Gasteiger partial charge in [-0.1, -0.05) is 46.3 Å². The van der Waals surface area contributed by atoms with Crippen LogP contribution in [0.1, 0.15) is 16.8 Å². The van der Waals surface area contributed by atoms with E-state index in [1.807, 2.05) is 48.3 Å². The molecule has 0 saturated heterocycles. The highest BCUT2D eigenvalue weighted by molar-refractivity contribution is 8.08. The Morgan fingerprint density at radius 3 is 2.79 bits per heavy atom. The van der Waals surface area contributed by atoms with Crippen molar-refractivity contribution in [2.45, 2.75) is 24.9 Å². The fourth-order valence-corrected chi connectivity index (χ4v) is 8.06. The van der Waals surface area contributed by atoms with Crippen LogP contribution >= 0.6 is 69.0 Å². The van der Waals surface area contributed by atoms with Gasteiger partial charge in [0, 0.05) is 29.7 Å². The van der Waals surface area contributed by atoms with Crippen LogP contribution in [-0.4, -0.2) is 16.6 Å². The largest absolute Gasteiger partial charge is 1.00 e. The first-order valence-electron chi connectivity index (χ1n) is 9.68. The van der Waals surface area contributed by atoms with Crippen molar-refractivity contribution >= 4 is 85.8 Å². The van der Waals surface area contributed by atoms with E-state index in [4.69, 9.17) is 23.2 Å². The fourth-order valence-electron chi connectivity index (χ4n) is 3.49. The quantitative estimate of drug-likeness (QED) is 0.344. The minimum Gasteiger partial charge on any atom is -1.00 e. The van der Waals surface area contributed by atoms with E-state index in [1.165, 1.54) is 22.7 Å². The molecule has 0 atom stereocenters. The number of rotatable bonds is 4. The zero-order valence-corrected chi connectivity index (χ0v) is 23.0. The van der Waals surface area contributed by atoms with Crippen LogP contribution in [0, 0.1) is 0 Å². The molecule has 172 valence electrons. The molecule has 5 nitrogen and oxygen atoms in total. The minimum absolute atomic E-state index is 0. The molecule has 0 amide bonds. The van der Waals surface area contributed by atoms with Gasteiger partial charge in [-0.25, -0.2) is 4.98 Å². The summed E-state index contributed by atoms with van der Waals surface area (Å²) in [6, 6.07) is 5.82. The number of hydrogen-bond acceptors (Lipinski definition) is 7. The number of fused-ring (bicyclic) bond motifs is 1. The maximum Gasteiger partial charge on any atom is 0.271 e. The first-order valence-corrected chi connectivity index (χ1v) is 13.8.